The van der Waals surface area contributed by atoms with E-state index in [9.17, 15) is 17.2 Å². The van der Waals surface area contributed by atoms with Crippen LogP contribution in [0.3, 0.4) is 0 Å². The summed E-state index contributed by atoms with van der Waals surface area (Å²) in [4.78, 5) is -0.528. The van der Waals surface area contributed by atoms with E-state index >= 15 is 0 Å². The van der Waals surface area contributed by atoms with Crippen molar-refractivity contribution >= 4 is 21.6 Å². The Hall–Kier alpha value is -0.720. The maximum atomic E-state index is 14.0. The fourth-order valence-corrected chi connectivity index (χ4v) is 3.61. The summed E-state index contributed by atoms with van der Waals surface area (Å²) in [6, 6.07) is 1.86. The topological polar surface area (TPSA) is 37.4 Å². The molecular formula is C12H16ClF2NO2S. The Labute approximate surface area is 117 Å². The fraction of sp³-hybridized carbons (Fsp3) is 0.500. The summed E-state index contributed by atoms with van der Waals surface area (Å²) in [5, 5.41) is 0. The third-order valence-corrected chi connectivity index (χ3v) is 4.99. The second kappa shape index (κ2) is 6.63. The molecular weight excluding hydrogens is 296 g/mol. The molecule has 0 aromatic heterocycles. The van der Waals surface area contributed by atoms with Crippen molar-refractivity contribution in [2.75, 3.05) is 13.1 Å². The SMILES string of the molecule is CCCN(CC)S(=O)(=O)c1ccc(F)c(CCl)c1F. The summed E-state index contributed by atoms with van der Waals surface area (Å²) >= 11 is 5.45. The van der Waals surface area contributed by atoms with Crippen molar-refractivity contribution in [2.45, 2.75) is 31.0 Å². The minimum atomic E-state index is -3.96. The largest absolute Gasteiger partial charge is 0.245 e. The number of halogens is 3. The number of alkyl halides is 1. The van der Waals surface area contributed by atoms with Gasteiger partial charge in [-0.2, -0.15) is 4.31 Å². The molecule has 0 spiro atoms. The lowest BCUT2D eigenvalue weighted by Crippen LogP contribution is -2.32. The van der Waals surface area contributed by atoms with Crippen molar-refractivity contribution < 1.29 is 17.2 Å². The summed E-state index contributed by atoms with van der Waals surface area (Å²) in [7, 11) is -3.96. The normalized spacial score (nSPS) is 12.1. The van der Waals surface area contributed by atoms with Crippen LogP contribution >= 0.6 is 11.6 Å². The van der Waals surface area contributed by atoms with Gasteiger partial charge in [0, 0.05) is 18.7 Å². The Morgan fingerprint density at radius 2 is 1.89 bits per heavy atom. The van der Waals surface area contributed by atoms with E-state index in [0.717, 1.165) is 16.4 Å². The maximum absolute atomic E-state index is 14.0. The van der Waals surface area contributed by atoms with Crippen LogP contribution in [0.15, 0.2) is 17.0 Å². The Morgan fingerprint density at radius 1 is 1.26 bits per heavy atom. The number of nitrogens with zero attached hydrogens (tertiary/aromatic N) is 1. The summed E-state index contributed by atoms with van der Waals surface area (Å²) in [5.41, 5.74) is -0.421. The minimum absolute atomic E-state index is 0.225. The summed E-state index contributed by atoms with van der Waals surface area (Å²) in [5.74, 6) is -2.37. The van der Waals surface area contributed by atoms with Gasteiger partial charge in [-0.1, -0.05) is 13.8 Å². The van der Waals surface area contributed by atoms with Crippen LogP contribution in [0.25, 0.3) is 0 Å². The van der Waals surface area contributed by atoms with Gasteiger partial charge in [0.1, 0.15) is 10.7 Å². The summed E-state index contributed by atoms with van der Waals surface area (Å²) in [6.07, 6.45) is 0.609. The van der Waals surface area contributed by atoms with Gasteiger partial charge in [-0.05, 0) is 18.6 Å². The van der Waals surface area contributed by atoms with E-state index in [-0.39, 0.29) is 13.1 Å². The zero-order valence-electron chi connectivity index (χ0n) is 10.8. The van der Waals surface area contributed by atoms with Crippen LogP contribution in [0.4, 0.5) is 8.78 Å². The molecule has 0 saturated heterocycles. The lowest BCUT2D eigenvalue weighted by Gasteiger charge is -2.20. The summed E-state index contributed by atoms with van der Waals surface area (Å²) < 4.78 is 53.1. The maximum Gasteiger partial charge on any atom is 0.245 e. The Bertz CT molecular complexity index is 549. The third kappa shape index (κ3) is 3.24. The minimum Gasteiger partial charge on any atom is -0.207 e. The van der Waals surface area contributed by atoms with Crippen LogP contribution in [0.2, 0.25) is 0 Å². The lowest BCUT2D eigenvalue weighted by molar-refractivity contribution is 0.421. The monoisotopic (exact) mass is 311 g/mol. The molecule has 0 atom stereocenters. The molecule has 0 bridgehead atoms. The van der Waals surface area contributed by atoms with E-state index in [1.54, 1.807) is 6.92 Å². The van der Waals surface area contributed by atoms with E-state index in [1.165, 1.54) is 0 Å². The van der Waals surface area contributed by atoms with Crippen LogP contribution in [-0.4, -0.2) is 25.8 Å². The average molecular weight is 312 g/mol. The lowest BCUT2D eigenvalue weighted by atomic mass is 10.2. The Kier molecular flexibility index (Phi) is 5.70. The van der Waals surface area contributed by atoms with Crippen molar-refractivity contribution in [3.8, 4) is 0 Å². The molecule has 1 aromatic carbocycles. The van der Waals surface area contributed by atoms with Gasteiger partial charge in [0.2, 0.25) is 10.0 Å². The third-order valence-electron chi connectivity index (χ3n) is 2.73. The van der Waals surface area contributed by atoms with Crippen molar-refractivity contribution in [3.05, 3.63) is 29.3 Å². The number of rotatable bonds is 6. The highest BCUT2D eigenvalue weighted by molar-refractivity contribution is 7.89. The number of hydrogen-bond acceptors (Lipinski definition) is 2. The molecule has 108 valence electrons. The van der Waals surface area contributed by atoms with Crippen LogP contribution in [0, 0.1) is 11.6 Å². The van der Waals surface area contributed by atoms with Gasteiger partial charge < -0.3 is 0 Å². The molecule has 7 heteroatoms. The zero-order chi connectivity index (χ0) is 14.6. The highest BCUT2D eigenvalue weighted by Gasteiger charge is 2.28. The molecule has 0 unspecified atom stereocenters. The highest BCUT2D eigenvalue weighted by Crippen LogP contribution is 2.25. The first-order chi connectivity index (χ1) is 8.89. The van der Waals surface area contributed by atoms with E-state index in [4.69, 9.17) is 11.6 Å². The molecule has 19 heavy (non-hydrogen) atoms. The molecule has 0 saturated carbocycles. The first-order valence-electron chi connectivity index (χ1n) is 5.93. The molecule has 0 aliphatic heterocycles. The van der Waals surface area contributed by atoms with Crippen LogP contribution < -0.4 is 0 Å². The van der Waals surface area contributed by atoms with Crippen molar-refractivity contribution in [2.24, 2.45) is 0 Å². The van der Waals surface area contributed by atoms with Crippen molar-refractivity contribution in [1.82, 2.24) is 4.31 Å². The van der Waals surface area contributed by atoms with Crippen molar-refractivity contribution in [1.29, 1.82) is 0 Å². The molecule has 1 rings (SSSR count). The molecule has 0 heterocycles. The second-order valence-corrected chi connectivity index (χ2v) is 6.14. The van der Waals surface area contributed by atoms with Crippen molar-refractivity contribution in [3.63, 3.8) is 0 Å². The molecule has 1 aromatic rings. The predicted molar refractivity (Wildman–Crippen MR) is 70.6 cm³/mol. The zero-order valence-corrected chi connectivity index (χ0v) is 12.4. The van der Waals surface area contributed by atoms with E-state index in [1.807, 2.05) is 6.92 Å². The second-order valence-electron chi connectivity index (χ2n) is 3.97. The smallest absolute Gasteiger partial charge is 0.207 e. The van der Waals surface area contributed by atoms with Gasteiger partial charge in [-0.25, -0.2) is 17.2 Å². The first kappa shape index (κ1) is 16.3. The van der Waals surface area contributed by atoms with Gasteiger partial charge in [0.15, 0.2) is 5.82 Å². The van der Waals surface area contributed by atoms with E-state index in [0.29, 0.717) is 6.42 Å². The standard InChI is InChI=1S/C12H16ClF2NO2S/c1-3-7-16(4-2)19(17,18)11-6-5-10(14)9(8-13)12(11)15/h5-6H,3-4,7-8H2,1-2H3. The van der Waals surface area contributed by atoms with E-state index in [2.05, 4.69) is 0 Å². The van der Waals surface area contributed by atoms with Gasteiger partial charge in [0.05, 0.1) is 5.88 Å². The number of sulfonamides is 1. The summed E-state index contributed by atoms with van der Waals surface area (Å²) in [6.45, 7) is 4.00. The van der Waals surface area contributed by atoms with Gasteiger partial charge in [-0.3, -0.25) is 0 Å². The molecule has 3 nitrogen and oxygen atoms in total. The quantitative estimate of drug-likeness (QED) is 0.757. The van der Waals surface area contributed by atoms with Crippen LogP contribution in [0.5, 0.6) is 0 Å². The van der Waals surface area contributed by atoms with E-state index < -0.39 is 38.0 Å². The predicted octanol–water partition coefficient (Wildman–Crippen LogP) is 3.12. The molecule has 0 aliphatic carbocycles. The Balaban J connectivity index is 3.37. The number of hydrogen-bond donors (Lipinski definition) is 0. The van der Waals surface area contributed by atoms with Gasteiger partial charge in [0.25, 0.3) is 0 Å². The average Bonchev–Trinajstić information content (AvgIpc) is 2.35. The Morgan fingerprint density at radius 3 is 2.37 bits per heavy atom. The molecule has 0 amide bonds. The van der Waals surface area contributed by atoms with Crippen LogP contribution in [-0.2, 0) is 15.9 Å². The fourth-order valence-electron chi connectivity index (χ4n) is 1.73. The molecule has 0 fully saturated rings. The molecule has 0 aliphatic rings. The highest BCUT2D eigenvalue weighted by atomic mass is 35.5. The molecule has 0 N–H and O–H groups in total. The molecule has 0 radical (unpaired) electrons. The first-order valence-corrected chi connectivity index (χ1v) is 7.90. The van der Waals surface area contributed by atoms with Crippen LogP contribution in [0.1, 0.15) is 25.8 Å². The number of benzene rings is 1. The van der Waals surface area contributed by atoms with Gasteiger partial charge in [-0.15, -0.1) is 11.6 Å². The van der Waals surface area contributed by atoms with Gasteiger partial charge >= 0.3 is 0 Å².